The van der Waals surface area contributed by atoms with Gasteiger partial charge in [-0.3, -0.25) is 0 Å². The Morgan fingerprint density at radius 2 is 1.65 bits per heavy atom. The van der Waals surface area contributed by atoms with E-state index in [9.17, 15) is 0 Å². The summed E-state index contributed by atoms with van der Waals surface area (Å²) in [6.45, 7) is 6.90. The van der Waals surface area contributed by atoms with E-state index in [-0.39, 0.29) is 5.41 Å². The summed E-state index contributed by atoms with van der Waals surface area (Å²) in [6.07, 6.45) is 0. The van der Waals surface area contributed by atoms with E-state index >= 15 is 0 Å². The number of thiophene rings is 1. The predicted molar refractivity (Wildman–Crippen MR) is 113 cm³/mol. The van der Waals surface area contributed by atoms with Gasteiger partial charge >= 0.3 is 0 Å². The summed E-state index contributed by atoms with van der Waals surface area (Å²) in [6, 6.07) is 20.4. The van der Waals surface area contributed by atoms with Crippen LogP contribution in [0.3, 0.4) is 0 Å². The van der Waals surface area contributed by atoms with Crippen molar-refractivity contribution in [1.82, 2.24) is 4.98 Å². The van der Waals surface area contributed by atoms with Crippen LogP contribution in [0.2, 0.25) is 0 Å². The monoisotopic (exact) mass is 353 g/mol. The fraction of sp³-hybridized carbons (Fsp3) is 0.167. The average molecular weight is 353 g/mol. The van der Waals surface area contributed by atoms with Gasteiger partial charge in [0.15, 0.2) is 0 Å². The molecule has 6 rings (SSSR count). The quantitative estimate of drug-likeness (QED) is 0.304. The highest BCUT2D eigenvalue weighted by atomic mass is 32.1. The van der Waals surface area contributed by atoms with E-state index < -0.39 is 0 Å². The van der Waals surface area contributed by atoms with Crippen LogP contribution in [0.4, 0.5) is 0 Å². The van der Waals surface area contributed by atoms with Gasteiger partial charge in [0.25, 0.3) is 0 Å². The Kier molecular flexibility index (Phi) is 2.56. The molecule has 1 nitrogen and oxygen atoms in total. The van der Waals surface area contributed by atoms with Gasteiger partial charge in [0, 0.05) is 31.8 Å². The largest absolute Gasteiger partial charge is 0.346 e. The minimum absolute atomic E-state index is 0.0420. The molecule has 26 heavy (non-hydrogen) atoms. The van der Waals surface area contributed by atoms with Crippen molar-refractivity contribution < 1.29 is 0 Å². The molecule has 2 aromatic heterocycles. The fourth-order valence-corrected chi connectivity index (χ4v) is 5.86. The van der Waals surface area contributed by atoms with Gasteiger partial charge in [0.1, 0.15) is 4.83 Å². The predicted octanol–water partition coefficient (Wildman–Crippen LogP) is 7.15. The molecule has 0 saturated heterocycles. The number of aromatic amines is 1. The molecule has 3 aromatic carbocycles. The highest BCUT2D eigenvalue weighted by molar-refractivity contribution is 7.25. The third kappa shape index (κ3) is 1.66. The Morgan fingerprint density at radius 1 is 0.846 bits per heavy atom. The van der Waals surface area contributed by atoms with Gasteiger partial charge in [0.05, 0.1) is 0 Å². The molecule has 0 radical (unpaired) electrons. The van der Waals surface area contributed by atoms with Crippen LogP contribution in [0.15, 0.2) is 54.6 Å². The zero-order chi connectivity index (χ0) is 17.6. The zero-order valence-electron chi connectivity index (χ0n) is 15.1. The third-order valence-corrected chi connectivity index (χ3v) is 7.17. The summed E-state index contributed by atoms with van der Waals surface area (Å²) in [4.78, 5) is 4.97. The molecule has 1 N–H and O–H groups in total. The summed E-state index contributed by atoms with van der Waals surface area (Å²) in [5.74, 6) is 0. The average Bonchev–Trinajstić information content (AvgIpc) is 3.21. The van der Waals surface area contributed by atoms with E-state index in [0.29, 0.717) is 0 Å². The van der Waals surface area contributed by atoms with Gasteiger partial charge in [-0.2, -0.15) is 0 Å². The lowest BCUT2D eigenvalue weighted by Gasteiger charge is -2.21. The molecule has 2 heteroatoms. The minimum Gasteiger partial charge on any atom is -0.346 e. The molecule has 126 valence electrons. The Balaban J connectivity index is 1.76. The maximum atomic E-state index is 3.69. The van der Waals surface area contributed by atoms with Gasteiger partial charge in [-0.15, -0.1) is 11.3 Å². The van der Waals surface area contributed by atoms with Gasteiger partial charge in [-0.05, 0) is 47.4 Å². The van der Waals surface area contributed by atoms with E-state index in [4.69, 9.17) is 0 Å². The molecule has 0 saturated carbocycles. The molecular weight excluding hydrogens is 334 g/mol. The molecule has 0 aliphatic heterocycles. The van der Waals surface area contributed by atoms with Crippen molar-refractivity contribution >= 4 is 42.5 Å². The van der Waals surface area contributed by atoms with Gasteiger partial charge in [0.2, 0.25) is 0 Å². The van der Waals surface area contributed by atoms with Crippen LogP contribution >= 0.6 is 11.3 Å². The lowest BCUT2D eigenvalue weighted by molar-refractivity contribution is 0.660. The zero-order valence-corrected chi connectivity index (χ0v) is 15.9. The van der Waals surface area contributed by atoms with Crippen molar-refractivity contribution in [2.45, 2.75) is 26.2 Å². The molecule has 0 amide bonds. The first-order chi connectivity index (χ1) is 12.5. The summed E-state index contributed by atoms with van der Waals surface area (Å²) >= 11 is 1.86. The number of H-pyrrole nitrogens is 1. The molecule has 0 atom stereocenters. The first-order valence-corrected chi connectivity index (χ1v) is 9.94. The van der Waals surface area contributed by atoms with Gasteiger partial charge < -0.3 is 4.98 Å². The summed E-state index contributed by atoms with van der Waals surface area (Å²) in [5.41, 5.74) is 8.30. The van der Waals surface area contributed by atoms with Crippen LogP contribution < -0.4 is 0 Å². The van der Waals surface area contributed by atoms with Crippen molar-refractivity contribution in [3.63, 3.8) is 0 Å². The standard InChI is InChI=1S/C24H19NS/c1-13-8-9-14-16-12-20-17(11-19(16)24(2,3)18(14)10-13)22-15-6-4-5-7-21(15)26-23(22)25-20/h4-12,25H,1-3H3. The maximum Gasteiger partial charge on any atom is 0.102 e. The molecule has 0 bridgehead atoms. The number of benzene rings is 3. The molecule has 2 heterocycles. The molecule has 1 aliphatic carbocycles. The van der Waals surface area contributed by atoms with E-state index in [1.807, 2.05) is 11.3 Å². The van der Waals surface area contributed by atoms with Crippen LogP contribution in [-0.2, 0) is 5.41 Å². The Morgan fingerprint density at radius 3 is 2.54 bits per heavy atom. The maximum absolute atomic E-state index is 3.69. The van der Waals surface area contributed by atoms with Crippen molar-refractivity contribution in [2.24, 2.45) is 0 Å². The lowest BCUT2D eigenvalue weighted by Crippen LogP contribution is -2.15. The summed E-state index contributed by atoms with van der Waals surface area (Å²) < 4.78 is 1.36. The fourth-order valence-electron chi connectivity index (χ4n) is 4.73. The van der Waals surface area contributed by atoms with Gasteiger partial charge in [-0.1, -0.05) is 55.8 Å². The Hall–Kier alpha value is -2.58. The second kappa shape index (κ2) is 4.57. The second-order valence-corrected chi connectivity index (χ2v) is 9.10. The van der Waals surface area contributed by atoms with E-state index in [0.717, 1.165) is 0 Å². The highest BCUT2D eigenvalue weighted by Crippen LogP contribution is 2.51. The van der Waals surface area contributed by atoms with Crippen LogP contribution in [0.5, 0.6) is 0 Å². The van der Waals surface area contributed by atoms with Crippen LogP contribution in [0.1, 0.15) is 30.5 Å². The molecule has 0 fully saturated rings. The van der Waals surface area contributed by atoms with Crippen molar-refractivity contribution in [3.8, 4) is 11.1 Å². The SMILES string of the molecule is Cc1ccc2c(c1)C(C)(C)c1cc3c(cc1-2)[nH]c1sc2ccccc2c13. The molecule has 0 spiro atoms. The first kappa shape index (κ1) is 14.6. The first-order valence-electron chi connectivity index (χ1n) is 9.13. The third-order valence-electron chi connectivity index (χ3n) is 6.08. The normalized spacial score (nSPS) is 15.0. The van der Waals surface area contributed by atoms with Crippen LogP contribution in [0, 0.1) is 6.92 Å². The van der Waals surface area contributed by atoms with E-state index in [1.54, 1.807) is 0 Å². The smallest absolute Gasteiger partial charge is 0.102 e. The Labute approximate surface area is 156 Å². The number of hydrogen-bond donors (Lipinski definition) is 1. The molecule has 0 unspecified atom stereocenters. The van der Waals surface area contributed by atoms with Gasteiger partial charge in [-0.25, -0.2) is 0 Å². The molecule has 1 aliphatic rings. The number of aryl methyl sites for hydroxylation is 1. The lowest BCUT2D eigenvalue weighted by atomic mass is 9.81. The number of aromatic nitrogens is 1. The minimum atomic E-state index is 0.0420. The van der Waals surface area contributed by atoms with E-state index in [1.165, 1.54) is 59.0 Å². The Bertz CT molecular complexity index is 1360. The van der Waals surface area contributed by atoms with Crippen LogP contribution in [-0.4, -0.2) is 4.98 Å². The van der Waals surface area contributed by atoms with Crippen molar-refractivity contribution in [2.75, 3.05) is 0 Å². The highest BCUT2D eigenvalue weighted by Gasteiger charge is 2.36. The summed E-state index contributed by atoms with van der Waals surface area (Å²) in [7, 11) is 0. The van der Waals surface area contributed by atoms with Crippen molar-refractivity contribution in [1.29, 1.82) is 0 Å². The molecule has 5 aromatic rings. The van der Waals surface area contributed by atoms with Crippen molar-refractivity contribution in [3.05, 3.63) is 71.3 Å². The second-order valence-electron chi connectivity index (χ2n) is 8.04. The number of fused-ring (bicyclic) bond motifs is 8. The number of hydrogen-bond acceptors (Lipinski definition) is 1. The molecular formula is C24H19NS. The topological polar surface area (TPSA) is 15.8 Å². The number of rotatable bonds is 0. The van der Waals surface area contributed by atoms with Crippen LogP contribution in [0.25, 0.3) is 42.3 Å². The summed E-state index contributed by atoms with van der Waals surface area (Å²) in [5, 5.41) is 4.10. The van der Waals surface area contributed by atoms with E-state index in [2.05, 4.69) is 80.4 Å². The number of nitrogens with one attached hydrogen (secondary N) is 1.